The predicted molar refractivity (Wildman–Crippen MR) is 82.4 cm³/mol. The third-order valence-corrected chi connectivity index (χ3v) is 3.52. The topological polar surface area (TPSA) is 55.6 Å². The average molecular weight is 292 g/mol. The molecule has 1 N–H and O–H groups in total. The van der Waals surface area contributed by atoms with Crippen molar-refractivity contribution in [1.29, 1.82) is 0 Å². The normalized spacial score (nSPS) is 11.2. The molecule has 0 fully saturated rings. The second kappa shape index (κ2) is 6.17. The fraction of sp³-hybridized carbons (Fsp3) is 0.500. The third-order valence-electron chi connectivity index (χ3n) is 3.23. The summed E-state index contributed by atoms with van der Waals surface area (Å²) in [5, 5.41) is 7.00. The first-order valence-corrected chi connectivity index (χ1v) is 7.33. The van der Waals surface area contributed by atoms with Crippen LogP contribution in [0, 0.1) is 4.77 Å². The Morgan fingerprint density at radius 1 is 1.45 bits per heavy atom. The summed E-state index contributed by atoms with van der Waals surface area (Å²) in [5.41, 5.74) is 0.571. The zero-order valence-corrected chi connectivity index (χ0v) is 12.9. The lowest BCUT2D eigenvalue weighted by atomic mass is 10.2. The Balaban J connectivity index is 2.54. The van der Waals surface area contributed by atoms with E-state index in [2.05, 4.69) is 17.1 Å². The molecule has 6 heteroatoms. The van der Waals surface area contributed by atoms with E-state index in [-0.39, 0.29) is 11.6 Å². The van der Waals surface area contributed by atoms with Crippen LogP contribution >= 0.6 is 12.2 Å². The van der Waals surface area contributed by atoms with Crippen LogP contribution in [0.5, 0.6) is 0 Å². The number of pyridine rings is 1. The van der Waals surface area contributed by atoms with Crippen LogP contribution in [-0.4, -0.2) is 19.3 Å². The molecule has 0 spiro atoms. The Kier molecular flexibility index (Phi) is 4.54. The standard InChI is InChI=1S/C14H20N4OS/c1-4-5-8-17-9-6-7-11(13(17)19)12-15-16-14(20)18(12)10(2)3/h6-7,9-10H,4-5,8H2,1-3H3,(H,16,20). The lowest BCUT2D eigenvalue weighted by molar-refractivity contribution is 0.592. The summed E-state index contributed by atoms with van der Waals surface area (Å²) >= 11 is 5.23. The van der Waals surface area contributed by atoms with Crippen molar-refractivity contribution in [2.45, 2.75) is 46.2 Å². The van der Waals surface area contributed by atoms with E-state index in [4.69, 9.17) is 12.2 Å². The molecule has 0 saturated heterocycles. The molecule has 0 aliphatic heterocycles. The first-order valence-electron chi connectivity index (χ1n) is 6.93. The molecule has 108 valence electrons. The molecule has 2 aromatic rings. The summed E-state index contributed by atoms with van der Waals surface area (Å²) in [7, 11) is 0. The van der Waals surface area contributed by atoms with Crippen LogP contribution in [-0.2, 0) is 6.54 Å². The van der Waals surface area contributed by atoms with Gasteiger partial charge in [0.15, 0.2) is 10.6 Å². The lowest BCUT2D eigenvalue weighted by Crippen LogP contribution is -2.22. The number of aromatic amines is 1. The van der Waals surface area contributed by atoms with Gasteiger partial charge in [0.25, 0.3) is 5.56 Å². The maximum Gasteiger partial charge on any atom is 0.261 e. The molecule has 0 atom stereocenters. The van der Waals surface area contributed by atoms with E-state index >= 15 is 0 Å². The van der Waals surface area contributed by atoms with E-state index < -0.39 is 0 Å². The molecular weight excluding hydrogens is 272 g/mol. The molecule has 20 heavy (non-hydrogen) atoms. The number of H-pyrrole nitrogens is 1. The van der Waals surface area contributed by atoms with Gasteiger partial charge in [0.05, 0.1) is 5.56 Å². The molecule has 0 saturated carbocycles. The molecule has 5 nitrogen and oxygen atoms in total. The van der Waals surface area contributed by atoms with E-state index in [0.29, 0.717) is 16.2 Å². The van der Waals surface area contributed by atoms with Crippen molar-refractivity contribution in [1.82, 2.24) is 19.3 Å². The van der Waals surface area contributed by atoms with Gasteiger partial charge in [0.2, 0.25) is 0 Å². The highest BCUT2D eigenvalue weighted by Crippen LogP contribution is 2.17. The molecule has 2 rings (SSSR count). The maximum absolute atomic E-state index is 12.5. The fourth-order valence-corrected chi connectivity index (χ4v) is 2.53. The summed E-state index contributed by atoms with van der Waals surface area (Å²) in [6.07, 6.45) is 3.87. The Hall–Kier alpha value is -1.69. The van der Waals surface area contributed by atoms with Crippen LogP contribution in [0.2, 0.25) is 0 Å². The van der Waals surface area contributed by atoms with Crippen molar-refractivity contribution in [3.8, 4) is 11.4 Å². The summed E-state index contributed by atoms with van der Waals surface area (Å²) in [6, 6.07) is 3.84. The zero-order valence-electron chi connectivity index (χ0n) is 12.1. The van der Waals surface area contributed by atoms with Crippen molar-refractivity contribution in [3.63, 3.8) is 0 Å². The van der Waals surface area contributed by atoms with Gasteiger partial charge in [0.1, 0.15) is 0 Å². The smallest absolute Gasteiger partial charge is 0.261 e. The van der Waals surface area contributed by atoms with E-state index in [1.165, 1.54) is 0 Å². The molecule has 0 aromatic carbocycles. The number of aromatic nitrogens is 4. The SMILES string of the molecule is CCCCn1cccc(-c2n[nH]c(=S)n2C(C)C)c1=O. The minimum Gasteiger partial charge on any atom is -0.315 e. The zero-order chi connectivity index (χ0) is 14.7. The molecule has 2 heterocycles. The quantitative estimate of drug-likeness (QED) is 0.861. The van der Waals surface area contributed by atoms with Crippen LogP contribution < -0.4 is 5.56 Å². The number of nitrogens with zero attached hydrogens (tertiary/aromatic N) is 3. The molecule has 0 bridgehead atoms. The number of nitrogens with one attached hydrogen (secondary N) is 1. The van der Waals surface area contributed by atoms with Crippen LogP contribution in [0.1, 0.15) is 39.7 Å². The summed E-state index contributed by atoms with van der Waals surface area (Å²) in [5.74, 6) is 0.612. The van der Waals surface area contributed by atoms with Crippen LogP contribution in [0.15, 0.2) is 23.1 Å². The minimum atomic E-state index is -0.0168. The number of hydrogen-bond acceptors (Lipinski definition) is 3. The highest BCUT2D eigenvalue weighted by Gasteiger charge is 2.15. The monoisotopic (exact) mass is 292 g/mol. The number of rotatable bonds is 5. The van der Waals surface area contributed by atoms with Gasteiger partial charge in [-0.15, -0.1) is 0 Å². The second-order valence-corrected chi connectivity index (χ2v) is 5.48. The third kappa shape index (κ3) is 2.75. The van der Waals surface area contributed by atoms with Gasteiger partial charge in [-0.05, 0) is 44.6 Å². The Labute approximate surface area is 123 Å². The van der Waals surface area contributed by atoms with E-state index in [1.807, 2.05) is 30.7 Å². The molecule has 0 amide bonds. The van der Waals surface area contributed by atoms with Crippen molar-refractivity contribution in [3.05, 3.63) is 33.5 Å². The van der Waals surface area contributed by atoms with E-state index in [9.17, 15) is 4.79 Å². The molecule has 0 unspecified atom stereocenters. The Morgan fingerprint density at radius 3 is 2.85 bits per heavy atom. The predicted octanol–water partition coefficient (Wildman–Crippen LogP) is 3.15. The average Bonchev–Trinajstić information content (AvgIpc) is 2.79. The Morgan fingerprint density at radius 2 is 2.20 bits per heavy atom. The molecule has 2 aromatic heterocycles. The first-order chi connectivity index (χ1) is 9.56. The van der Waals surface area contributed by atoms with Gasteiger partial charge in [0, 0.05) is 18.8 Å². The number of hydrogen-bond donors (Lipinski definition) is 1. The fourth-order valence-electron chi connectivity index (χ4n) is 2.19. The number of aryl methyl sites for hydroxylation is 1. The minimum absolute atomic E-state index is 0.0168. The van der Waals surface area contributed by atoms with Crippen molar-refractivity contribution in [2.75, 3.05) is 0 Å². The molecular formula is C14H20N4OS. The Bertz CT molecular complexity index is 696. The van der Waals surface area contributed by atoms with Gasteiger partial charge in [-0.25, -0.2) is 0 Å². The highest BCUT2D eigenvalue weighted by atomic mass is 32.1. The summed E-state index contributed by atoms with van der Waals surface area (Å²) in [6.45, 7) is 6.88. The molecule has 0 radical (unpaired) electrons. The van der Waals surface area contributed by atoms with Gasteiger partial charge >= 0.3 is 0 Å². The highest BCUT2D eigenvalue weighted by molar-refractivity contribution is 7.71. The van der Waals surface area contributed by atoms with Gasteiger partial charge in [-0.1, -0.05) is 13.3 Å². The van der Waals surface area contributed by atoms with Crippen molar-refractivity contribution >= 4 is 12.2 Å². The first kappa shape index (κ1) is 14.7. The summed E-state index contributed by atoms with van der Waals surface area (Å²) in [4.78, 5) is 12.5. The van der Waals surface area contributed by atoms with Crippen LogP contribution in [0.25, 0.3) is 11.4 Å². The second-order valence-electron chi connectivity index (χ2n) is 5.09. The van der Waals surface area contributed by atoms with E-state index in [1.54, 1.807) is 10.6 Å². The van der Waals surface area contributed by atoms with Crippen LogP contribution in [0.4, 0.5) is 0 Å². The molecule has 0 aliphatic rings. The largest absolute Gasteiger partial charge is 0.315 e. The van der Waals surface area contributed by atoms with Crippen LogP contribution in [0.3, 0.4) is 0 Å². The van der Waals surface area contributed by atoms with Crippen molar-refractivity contribution < 1.29 is 0 Å². The lowest BCUT2D eigenvalue weighted by Gasteiger charge is -2.11. The van der Waals surface area contributed by atoms with Crippen molar-refractivity contribution in [2.24, 2.45) is 0 Å². The van der Waals surface area contributed by atoms with Gasteiger partial charge < -0.3 is 4.57 Å². The van der Waals surface area contributed by atoms with Gasteiger partial charge in [-0.2, -0.15) is 5.10 Å². The number of unbranched alkanes of at least 4 members (excludes halogenated alkanes) is 1. The van der Waals surface area contributed by atoms with E-state index in [0.717, 1.165) is 19.4 Å². The van der Waals surface area contributed by atoms with Gasteiger partial charge in [-0.3, -0.25) is 14.5 Å². The summed E-state index contributed by atoms with van der Waals surface area (Å²) < 4.78 is 4.15. The maximum atomic E-state index is 12.5. The molecule has 0 aliphatic carbocycles.